The predicted molar refractivity (Wildman–Crippen MR) is 358 cm³/mol. The summed E-state index contributed by atoms with van der Waals surface area (Å²) in [6.45, 7) is 12.3. The second-order valence-corrected chi connectivity index (χ2v) is 30.1. The summed E-state index contributed by atoms with van der Waals surface area (Å²) in [5, 5.41) is 7.35. The SMILES string of the molecule is CCO[C@@H]1C[C@H]2C(=O)NC3(CCCC3)C(=O)N(C)[C@@H]([C@@H](C)CC)C(=O)N(C)[C@H](C)CC(=O)N(C)[C@@H](CC(C)C)C(=O)N[C@@H]([C@@H](C)CC)C(=O)N(C)CC(=O)N(C)CC(=O)N(C)[C@@H](CC3CCC(C(F)(F)F)CC3)C(=O)N(C)CC(=O)N[C@@H](CCC3CCC(C(F)(F)F)C(Cl)C3)C(=O)N2C1. The average molecular weight is 1440 g/mol. The standard InChI is InChI=1S/C69H112ClF6N11O12/c1-16-41(6)58-64(96)82(11)38-56(90)80(9)39-57(91)85(14)53(34-45-21-25-46(26-22-45)68(71,72)73)63(95)81(10)37-54(88)77-50(28-24-44-23-27-48(49(70)33-44)69(74,75)76)62(94)87-36-47(99-18-3)35-52(87)61(93)79-67(29-19-20-30-67)66(98)86(15)59(42(7)17-2)65(97)83(12)43(8)32-55(89)84(13)51(31-40(4)5)60(92)78-58/h40-53,58-59H,16-39H2,1-15H3,(H,77,88)(H,78,92)(H,79,93)/t41-,42-,43+,44?,45?,46?,47+,48?,49?,50-,51-,52-,53-,58-,59-/m0/s1. The van der Waals surface area contributed by atoms with Crippen LogP contribution in [-0.4, -0.2) is 258 Å². The van der Waals surface area contributed by atoms with Crippen molar-refractivity contribution in [2.75, 3.05) is 82.1 Å². The van der Waals surface area contributed by atoms with Gasteiger partial charge in [0.1, 0.15) is 41.8 Å². The molecule has 3 unspecified atom stereocenters. The van der Waals surface area contributed by atoms with Gasteiger partial charge >= 0.3 is 12.4 Å². The van der Waals surface area contributed by atoms with E-state index in [9.17, 15) is 59.9 Å². The Labute approximate surface area is 585 Å². The maximum atomic E-state index is 15.4. The molecule has 3 saturated carbocycles. The highest BCUT2D eigenvalue weighted by atomic mass is 35.5. The third kappa shape index (κ3) is 21.8. The van der Waals surface area contributed by atoms with Crippen molar-refractivity contribution in [2.45, 2.75) is 249 Å². The smallest absolute Gasteiger partial charge is 0.377 e. The zero-order valence-electron chi connectivity index (χ0n) is 60.8. The molecule has 0 aromatic heterocycles. The van der Waals surface area contributed by atoms with Crippen LogP contribution < -0.4 is 16.0 Å². The summed E-state index contributed by atoms with van der Waals surface area (Å²) in [7, 11) is 9.64. The molecule has 11 amide bonds. The van der Waals surface area contributed by atoms with Crippen LogP contribution in [0.3, 0.4) is 0 Å². The first-order valence-electron chi connectivity index (χ1n) is 35.5. The van der Waals surface area contributed by atoms with E-state index in [4.69, 9.17) is 16.3 Å². The second-order valence-electron chi connectivity index (χ2n) is 29.6. The number of rotatable bonds is 13. The molecule has 5 fully saturated rings. The Hall–Kier alpha value is -6.00. The molecule has 3 aliphatic carbocycles. The zero-order chi connectivity index (χ0) is 74.5. The van der Waals surface area contributed by atoms with Gasteiger partial charge in [0.15, 0.2) is 0 Å². The fraction of sp³-hybridized carbons (Fsp3) is 0.841. The lowest BCUT2D eigenvalue weighted by molar-refractivity contribution is -0.184. The van der Waals surface area contributed by atoms with Crippen LogP contribution in [0.25, 0.3) is 0 Å². The Morgan fingerprint density at radius 3 is 1.73 bits per heavy atom. The van der Waals surface area contributed by atoms with Gasteiger partial charge in [0, 0.05) is 86.7 Å². The van der Waals surface area contributed by atoms with E-state index in [2.05, 4.69) is 16.0 Å². The van der Waals surface area contributed by atoms with Crippen LogP contribution in [0.15, 0.2) is 0 Å². The van der Waals surface area contributed by atoms with Gasteiger partial charge in [0.05, 0.1) is 37.6 Å². The summed E-state index contributed by atoms with van der Waals surface area (Å²) in [6, 6.07) is -8.45. The van der Waals surface area contributed by atoms with Crippen molar-refractivity contribution in [3.63, 3.8) is 0 Å². The van der Waals surface area contributed by atoms with Crippen molar-refractivity contribution < 1.29 is 83.8 Å². The van der Waals surface area contributed by atoms with Gasteiger partial charge in [0.25, 0.3) is 0 Å². The Kier molecular flexibility index (Phi) is 30.6. The zero-order valence-corrected chi connectivity index (χ0v) is 61.6. The van der Waals surface area contributed by atoms with Crippen LogP contribution in [0, 0.1) is 41.4 Å². The molecule has 30 heteroatoms. The minimum absolute atomic E-state index is 0.0428. The Bertz CT molecular complexity index is 2830. The van der Waals surface area contributed by atoms with Gasteiger partial charge in [-0.05, 0) is 127 Å². The maximum absolute atomic E-state index is 15.4. The summed E-state index contributed by atoms with van der Waals surface area (Å²) in [5.74, 6) is -13.1. The van der Waals surface area contributed by atoms with Crippen molar-refractivity contribution in [3.05, 3.63) is 0 Å². The molecule has 23 nitrogen and oxygen atoms in total. The van der Waals surface area contributed by atoms with Crippen molar-refractivity contribution in [3.8, 4) is 0 Å². The first-order valence-corrected chi connectivity index (χ1v) is 36.0. The first-order chi connectivity index (χ1) is 46.1. The predicted octanol–water partition coefficient (Wildman–Crippen LogP) is 6.76. The van der Waals surface area contributed by atoms with E-state index in [-0.39, 0.29) is 115 Å². The molecule has 2 saturated heterocycles. The number of likely N-dealkylation sites (N-methyl/N-ethyl adjacent to an activating group) is 7. The van der Waals surface area contributed by atoms with E-state index in [1.54, 1.807) is 34.6 Å². The van der Waals surface area contributed by atoms with Crippen LogP contribution in [0.1, 0.15) is 177 Å². The summed E-state index contributed by atoms with van der Waals surface area (Å²) in [5.41, 5.74) is -1.58. The van der Waals surface area contributed by atoms with Crippen molar-refractivity contribution in [2.24, 2.45) is 41.4 Å². The summed E-state index contributed by atoms with van der Waals surface area (Å²) in [4.78, 5) is 172. The molecule has 0 aromatic carbocycles. The molecular weight excluding hydrogens is 1320 g/mol. The molecule has 3 N–H and O–H groups in total. The quantitative estimate of drug-likeness (QED) is 0.128. The van der Waals surface area contributed by atoms with Crippen LogP contribution >= 0.6 is 11.6 Å². The van der Waals surface area contributed by atoms with Gasteiger partial charge in [0.2, 0.25) is 65.0 Å². The Balaban J connectivity index is 1.60. The molecule has 1 spiro atoms. The van der Waals surface area contributed by atoms with Crippen LogP contribution in [0.2, 0.25) is 0 Å². The minimum Gasteiger partial charge on any atom is -0.377 e. The van der Waals surface area contributed by atoms with Crippen molar-refractivity contribution in [1.82, 2.24) is 55.1 Å². The first kappa shape index (κ1) is 83.7. The minimum atomic E-state index is -4.56. The topological polar surface area (TPSA) is 259 Å². The number of carbonyl (C=O) groups is 11. The number of hydrogen-bond acceptors (Lipinski definition) is 12. The van der Waals surface area contributed by atoms with E-state index in [1.165, 1.54) is 68.9 Å². The van der Waals surface area contributed by atoms with Crippen LogP contribution in [0.5, 0.6) is 0 Å². The van der Waals surface area contributed by atoms with Gasteiger partial charge in [-0.1, -0.05) is 67.2 Å². The highest BCUT2D eigenvalue weighted by Gasteiger charge is 2.52. The number of ether oxygens (including phenoxy) is 1. The van der Waals surface area contributed by atoms with Crippen LogP contribution in [0.4, 0.5) is 26.3 Å². The largest absolute Gasteiger partial charge is 0.393 e. The molecule has 2 aliphatic heterocycles. The van der Waals surface area contributed by atoms with Crippen molar-refractivity contribution in [1.29, 1.82) is 0 Å². The van der Waals surface area contributed by atoms with Gasteiger partial charge in [-0.25, -0.2) is 0 Å². The van der Waals surface area contributed by atoms with Crippen LogP contribution in [-0.2, 0) is 57.5 Å². The Morgan fingerprint density at radius 2 is 1.17 bits per heavy atom. The molecule has 5 aliphatic rings. The molecule has 5 rings (SSSR count). The molecule has 0 radical (unpaired) electrons. The highest BCUT2D eigenvalue weighted by Crippen LogP contribution is 2.45. The third-order valence-corrected chi connectivity index (χ3v) is 22.4. The lowest BCUT2D eigenvalue weighted by Crippen LogP contribution is -2.64. The summed E-state index contributed by atoms with van der Waals surface area (Å²) < 4.78 is 89.9. The number of alkyl halides is 7. The molecule has 0 aromatic rings. The van der Waals surface area contributed by atoms with E-state index in [0.29, 0.717) is 25.7 Å². The lowest BCUT2D eigenvalue weighted by atomic mass is 9.78. The fourth-order valence-corrected chi connectivity index (χ4v) is 15.4. The Morgan fingerprint density at radius 1 is 0.596 bits per heavy atom. The monoisotopic (exact) mass is 1440 g/mol. The number of nitrogens with zero attached hydrogens (tertiary/aromatic N) is 8. The van der Waals surface area contributed by atoms with Crippen molar-refractivity contribution >= 4 is 76.6 Å². The second kappa shape index (κ2) is 36.2. The maximum Gasteiger partial charge on any atom is 0.393 e. The number of nitrogens with one attached hydrogen (secondary N) is 3. The average Bonchev–Trinajstić information content (AvgIpc) is 1.70. The summed E-state index contributed by atoms with van der Waals surface area (Å²) >= 11 is 6.38. The number of fused-ring (bicyclic) bond motifs is 1. The molecular formula is C69H112ClF6N11O12. The summed E-state index contributed by atoms with van der Waals surface area (Å²) in [6.07, 6.45) is -8.67. The molecule has 13 atom stereocenters. The number of carbonyl (C=O) groups excluding carboxylic acids is 11. The number of amides is 11. The molecule has 2 heterocycles. The van der Waals surface area contributed by atoms with E-state index >= 15 is 19.2 Å². The van der Waals surface area contributed by atoms with E-state index in [0.717, 1.165) is 19.6 Å². The molecule has 99 heavy (non-hydrogen) atoms. The lowest BCUT2D eigenvalue weighted by Gasteiger charge is -2.41. The number of hydrogen-bond donors (Lipinski definition) is 3. The fourth-order valence-electron chi connectivity index (χ4n) is 14.9. The van der Waals surface area contributed by atoms with Gasteiger partial charge < -0.3 is 59.9 Å². The van der Waals surface area contributed by atoms with Gasteiger partial charge in [-0.15, -0.1) is 11.6 Å². The number of halogens is 7. The van der Waals surface area contributed by atoms with Gasteiger partial charge in [-0.3, -0.25) is 52.7 Å². The third-order valence-electron chi connectivity index (χ3n) is 21.9. The normalized spacial score (nSPS) is 30.9. The molecule has 564 valence electrons. The highest BCUT2D eigenvalue weighted by molar-refractivity contribution is 6.20. The van der Waals surface area contributed by atoms with Gasteiger partial charge in [-0.2, -0.15) is 26.3 Å². The van der Waals surface area contributed by atoms with E-state index < -0.39 is 192 Å². The molecule has 0 bridgehead atoms. The van der Waals surface area contributed by atoms with E-state index in [1.807, 2.05) is 20.8 Å².